The van der Waals surface area contributed by atoms with Gasteiger partial charge in [-0.25, -0.2) is 0 Å². The molecule has 0 aromatic heterocycles. The van der Waals surface area contributed by atoms with Crippen LogP contribution < -0.4 is 0 Å². The maximum atomic E-state index is 13.1. The summed E-state index contributed by atoms with van der Waals surface area (Å²) >= 11 is 3.46. The Hall–Kier alpha value is -0.830. The maximum Gasteiger partial charge on any atom is 0.230 e. The Labute approximate surface area is 138 Å². The van der Waals surface area contributed by atoms with Crippen LogP contribution in [0.2, 0.25) is 0 Å². The predicted octanol–water partition coefficient (Wildman–Crippen LogP) is 4.84. The van der Waals surface area contributed by atoms with Gasteiger partial charge in [-0.05, 0) is 31.7 Å². The molecule has 0 heterocycles. The Morgan fingerprint density at radius 3 is 2.29 bits per heavy atom. The van der Waals surface area contributed by atoms with E-state index in [1.807, 2.05) is 23.1 Å². The van der Waals surface area contributed by atoms with Crippen LogP contribution >= 0.6 is 15.9 Å². The van der Waals surface area contributed by atoms with Gasteiger partial charge in [0.25, 0.3) is 0 Å². The normalized spacial score (nSPS) is 14.0. The minimum absolute atomic E-state index is 0.0334. The van der Waals surface area contributed by atoms with Crippen LogP contribution in [0.1, 0.15) is 52.0 Å². The quantitative estimate of drug-likeness (QED) is 0.612. The van der Waals surface area contributed by atoms with Crippen LogP contribution in [0.3, 0.4) is 0 Å². The van der Waals surface area contributed by atoms with Crippen LogP contribution in [0.5, 0.6) is 0 Å². The Morgan fingerprint density at radius 1 is 1.19 bits per heavy atom. The van der Waals surface area contributed by atoms with E-state index in [0.717, 1.165) is 30.3 Å². The molecular weight excluding hydrogens is 326 g/mol. The van der Waals surface area contributed by atoms with Gasteiger partial charge in [0.1, 0.15) is 0 Å². The summed E-state index contributed by atoms with van der Waals surface area (Å²) in [5.74, 6) is 0.588. The van der Waals surface area contributed by atoms with Gasteiger partial charge >= 0.3 is 0 Å². The van der Waals surface area contributed by atoms with Gasteiger partial charge in [-0.2, -0.15) is 0 Å². The van der Waals surface area contributed by atoms with Crippen LogP contribution in [0.15, 0.2) is 30.3 Å². The van der Waals surface area contributed by atoms with Crippen LogP contribution in [0.25, 0.3) is 0 Å². The van der Waals surface area contributed by atoms with E-state index >= 15 is 0 Å². The lowest BCUT2D eigenvalue weighted by Crippen LogP contribution is -2.42. The molecular formula is C18H28BrNO. The van der Waals surface area contributed by atoms with Crippen molar-refractivity contribution in [2.75, 3.05) is 11.9 Å². The maximum absolute atomic E-state index is 13.1. The number of nitrogens with zero attached hydrogens (tertiary/aromatic N) is 1. The fourth-order valence-electron chi connectivity index (χ4n) is 2.64. The van der Waals surface area contributed by atoms with E-state index in [0.29, 0.717) is 5.92 Å². The molecule has 0 bridgehead atoms. The molecule has 0 aliphatic rings. The summed E-state index contributed by atoms with van der Waals surface area (Å²) in [6.45, 7) is 9.36. The van der Waals surface area contributed by atoms with E-state index in [-0.39, 0.29) is 17.9 Å². The molecule has 1 aromatic carbocycles. The molecule has 0 saturated heterocycles. The van der Waals surface area contributed by atoms with E-state index in [9.17, 15) is 4.79 Å². The molecule has 0 N–H and O–H groups in total. The fraction of sp³-hybridized carbons (Fsp3) is 0.611. The summed E-state index contributed by atoms with van der Waals surface area (Å²) in [6.07, 6.45) is 2.00. The fourth-order valence-corrected chi connectivity index (χ4v) is 2.89. The average molecular weight is 354 g/mol. The number of halogens is 1. The van der Waals surface area contributed by atoms with Crippen molar-refractivity contribution in [1.29, 1.82) is 0 Å². The highest BCUT2D eigenvalue weighted by Gasteiger charge is 2.30. The highest BCUT2D eigenvalue weighted by molar-refractivity contribution is 9.09. The van der Waals surface area contributed by atoms with Gasteiger partial charge in [0.15, 0.2) is 0 Å². The number of carbonyl (C=O) groups excluding carboxylic acids is 1. The number of hydrogen-bond donors (Lipinski definition) is 0. The van der Waals surface area contributed by atoms with Crippen molar-refractivity contribution in [3.8, 4) is 0 Å². The number of benzene rings is 1. The molecule has 1 rings (SSSR count). The first-order valence-corrected chi connectivity index (χ1v) is 9.06. The van der Waals surface area contributed by atoms with Gasteiger partial charge in [0.05, 0.1) is 5.92 Å². The smallest absolute Gasteiger partial charge is 0.230 e. The van der Waals surface area contributed by atoms with Crippen LogP contribution in [0, 0.1) is 5.92 Å². The number of alkyl halides is 1. The van der Waals surface area contributed by atoms with Crippen molar-refractivity contribution >= 4 is 21.8 Å². The second-order valence-electron chi connectivity index (χ2n) is 5.94. The van der Waals surface area contributed by atoms with Gasteiger partial charge in [-0.15, -0.1) is 0 Å². The average Bonchev–Trinajstić information content (AvgIpc) is 2.48. The monoisotopic (exact) mass is 353 g/mol. The molecule has 3 heteroatoms. The summed E-state index contributed by atoms with van der Waals surface area (Å²) in [7, 11) is 0. The Morgan fingerprint density at radius 2 is 1.81 bits per heavy atom. The molecule has 21 heavy (non-hydrogen) atoms. The van der Waals surface area contributed by atoms with Gasteiger partial charge in [-0.3, -0.25) is 4.79 Å². The summed E-state index contributed by atoms with van der Waals surface area (Å²) in [5.41, 5.74) is 1.14. The van der Waals surface area contributed by atoms with Crippen LogP contribution in [0.4, 0.5) is 0 Å². The highest BCUT2D eigenvalue weighted by Crippen LogP contribution is 2.29. The number of hydrogen-bond acceptors (Lipinski definition) is 1. The Balaban J connectivity index is 3.04. The summed E-state index contributed by atoms with van der Waals surface area (Å²) in [5, 5.41) is 0.933. The van der Waals surface area contributed by atoms with Gasteiger partial charge in [-0.1, -0.05) is 66.5 Å². The van der Waals surface area contributed by atoms with Gasteiger partial charge in [0, 0.05) is 17.9 Å². The van der Waals surface area contributed by atoms with Crippen molar-refractivity contribution < 1.29 is 4.79 Å². The first kappa shape index (κ1) is 18.2. The SMILES string of the molecule is CCC(C)C(C(=O)N(CCCBr)C(C)C)c1ccccc1. The number of rotatable bonds is 8. The van der Waals surface area contributed by atoms with E-state index in [4.69, 9.17) is 0 Å². The second-order valence-corrected chi connectivity index (χ2v) is 6.73. The zero-order valence-corrected chi connectivity index (χ0v) is 15.3. The van der Waals surface area contributed by atoms with E-state index < -0.39 is 0 Å². The standard InChI is InChI=1S/C18H28BrNO/c1-5-15(4)17(16-10-7-6-8-11-16)18(21)20(14(2)3)13-9-12-19/h6-8,10-11,14-15,17H,5,9,12-13H2,1-4H3. The zero-order valence-electron chi connectivity index (χ0n) is 13.7. The van der Waals surface area contributed by atoms with Crippen molar-refractivity contribution in [2.24, 2.45) is 5.92 Å². The molecule has 0 aliphatic heterocycles. The lowest BCUT2D eigenvalue weighted by atomic mass is 9.84. The molecule has 0 spiro atoms. The lowest BCUT2D eigenvalue weighted by molar-refractivity contribution is -0.135. The summed E-state index contributed by atoms with van der Waals surface area (Å²) < 4.78 is 0. The van der Waals surface area contributed by atoms with Crippen molar-refractivity contribution in [1.82, 2.24) is 4.90 Å². The molecule has 0 saturated carbocycles. The third-order valence-electron chi connectivity index (χ3n) is 4.08. The molecule has 1 amide bonds. The topological polar surface area (TPSA) is 20.3 Å². The number of carbonyl (C=O) groups is 1. The third kappa shape index (κ3) is 5.14. The Bertz CT molecular complexity index is 418. The minimum Gasteiger partial charge on any atom is -0.340 e. The van der Waals surface area contributed by atoms with Crippen LogP contribution in [-0.2, 0) is 4.79 Å². The molecule has 2 unspecified atom stereocenters. The van der Waals surface area contributed by atoms with E-state index in [2.05, 4.69) is 55.8 Å². The molecule has 2 nitrogen and oxygen atoms in total. The van der Waals surface area contributed by atoms with Crippen LogP contribution in [-0.4, -0.2) is 28.7 Å². The summed E-state index contributed by atoms with van der Waals surface area (Å²) in [6, 6.07) is 10.5. The highest BCUT2D eigenvalue weighted by atomic mass is 79.9. The van der Waals surface area contributed by atoms with Gasteiger partial charge < -0.3 is 4.90 Å². The molecule has 0 radical (unpaired) electrons. The largest absolute Gasteiger partial charge is 0.340 e. The van der Waals surface area contributed by atoms with E-state index in [1.165, 1.54) is 0 Å². The van der Waals surface area contributed by atoms with Crippen molar-refractivity contribution in [3.05, 3.63) is 35.9 Å². The lowest BCUT2D eigenvalue weighted by Gasteiger charge is -2.33. The molecule has 0 fully saturated rings. The predicted molar refractivity (Wildman–Crippen MR) is 93.9 cm³/mol. The Kier molecular flexibility index (Phi) is 8.02. The zero-order chi connectivity index (χ0) is 15.8. The number of amides is 1. The summed E-state index contributed by atoms with van der Waals surface area (Å²) in [4.78, 5) is 15.1. The molecule has 0 aliphatic carbocycles. The first-order valence-electron chi connectivity index (χ1n) is 7.94. The van der Waals surface area contributed by atoms with Gasteiger partial charge in [0.2, 0.25) is 5.91 Å². The first-order chi connectivity index (χ1) is 10.0. The molecule has 118 valence electrons. The third-order valence-corrected chi connectivity index (χ3v) is 4.64. The minimum atomic E-state index is -0.0334. The van der Waals surface area contributed by atoms with Crippen molar-refractivity contribution in [2.45, 2.75) is 52.5 Å². The second kappa shape index (κ2) is 9.24. The molecule has 2 atom stereocenters. The van der Waals surface area contributed by atoms with E-state index in [1.54, 1.807) is 0 Å². The molecule has 1 aromatic rings. The van der Waals surface area contributed by atoms with Crippen molar-refractivity contribution in [3.63, 3.8) is 0 Å².